The molecule has 6 heteroatoms. The molecule has 1 amide bonds. The molecule has 29 heavy (non-hydrogen) atoms. The highest BCUT2D eigenvalue weighted by Crippen LogP contribution is 2.22. The number of rotatable bonds is 5. The normalized spacial score (nSPS) is 20.8. The van der Waals surface area contributed by atoms with Gasteiger partial charge in [0.2, 0.25) is 0 Å². The van der Waals surface area contributed by atoms with Gasteiger partial charge >= 0.3 is 5.97 Å². The van der Waals surface area contributed by atoms with Gasteiger partial charge in [-0.3, -0.25) is 4.79 Å². The predicted molar refractivity (Wildman–Crippen MR) is 112 cm³/mol. The first-order valence-electron chi connectivity index (χ1n) is 10.3. The first-order chi connectivity index (χ1) is 14.1. The Morgan fingerprint density at radius 1 is 1.07 bits per heavy atom. The monoisotopic (exact) mass is 394 g/mol. The minimum atomic E-state index is -0.363. The average molecular weight is 394 g/mol. The van der Waals surface area contributed by atoms with Crippen LogP contribution < -0.4 is 15.1 Å². The van der Waals surface area contributed by atoms with Crippen molar-refractivity contribution in [3.05, 3.63) is 59.7 Å². The van der Waals surface area contributed by atoms with Gasteiger partial charge in [-0.05, 0) is 42.7 Å². The SMILES string of the molecule is COC(=O)[C@H]1Cc2ccccc2C[NH+]1CC(=O)Nc1ccc(N2CCCC2)cc1. The number of amides is 1. The highest BCUT2D eigenvalue weighted by atomic mass is 16.5. The fourth-order valence-corrected chi connectivity index (χ4v) is 4.38. The number of carbonyl (C=O) groups excluding carboxylic acids is 2. The van der Waals surface area contributed by atoms with Gasteiger partial charge in [0.15, 0.2) is 12.6 Å². The Hall–Kier alpha value is -2.86. The zero-order valence-electron chi connectivity index (χ0n) is 16.8. The Morgan fingerprint density at radius 3 is 2.45 bits per heavy atom. The van der Waals surface area contributed by atoms with E-state index >= 15 is 0 Å². The predicted octanol–water partition coefficient (Wildman–Crippen LogP) is 1.41. The van der Waals surface area contributed by atoms with Gasteiger partial charge in [0.25, 0.3) is 5.91 Å². The van der Waals surface area contributed by atoms with Crippen LogP contribution in [-0.4, -0.2) is 44.7 Å². The molecule has 0 aromatic heterocycles. The maximum Gasteiger partial charge on any atom is 0.365 e. The third-order valence-corrected chi connectivity index (χ3v) is 5.95. The van der Waals surface area contributed by atoms with Gasteiger partial charge < -0.3 is 19.9 Å². The smallest absolute Gasteiger partial charge is 0.365 e. The number of fused-ring (bicyclic) bond motifs is 1. The van der Waals surface area contributed by atoms with E-state index < -0.39 is 0 Å². The van der Waals surface area contributed by atoms with Crippen LogP contribution in [0, 0.1) is 0 Å². The van der Waals surface area contributed by atoms with E-state index in [1.807, 2.05) is 30.3 Å². The van der Waals surface area contributed by atoms with Crippen molar-refractivity contribution in [1.29, 1.82) is 0 Å². The van der Waals surface area contributed by atoms with E-state index in [4.69, 9.17) is 4.74 Å². The summed E-state index contributed by atoms with van der Waals surface area (Å²) in [7, 11) is 1.41. The summed E-state index contributed by atoms with van der Waals surface area (Å²) in [4.78, 5) is 28.3. The van der Waals surface area contributed by atoms with Crippen LogP contribution >= 0.6 is 0 Å². The molecule has 1 saturated heterocycles. The molecule has 2 heterocycles. The van der Waals surface area contributed by atoms with Crippen LogP contribution in [-0.2, 0) is 27.3 Å². The molecule has 0 bridgehead atoms. The number of hydrogen-bond donors (Lipinski definition) is 2. The fourth-order valence-electron chi connectivity index (χ4n) is 4.38. The topological polar surface area (TPSA) is 63.1 Å². The number of esters is 1. The summed E-state index contributed by atoms with van der Waals surface area (Å²) in [6, 6.07) is 15.7. The molecule has 2 aliphatic heterocycles. The summed E-state index contributed by atoms with van der Waals surface area (Å²) in [5.74, 6) is -0.362. The second-order valence-corrected chi connectivity index (χ2v) is 7.85. The van der Waals surface area contributed by atoms with Crippen molar-refractivity contribution in [2.45, 2.75) is 31.8 Å². The molecule has 0 aliphatic carbocycles. The van der Waals surface area contributed by atoms with Gasteiger partial charge in [0.05, 0.1) is 7.11 Å². The Bertz CT molecular complexity index is 875. The van der Waals surface area contributed by atoms with E-state index in [1.54, 1.807) is 0 Å². The molecule has 2 aromatic carbocycles. The Labute approximate surface area is 171 Å². The number of anilines is 2. The van der Waals surface area contributed by atoms with Crippen molar-refractivity contribution in [2.24, 2.45) is 0 Å². The van der Waals surface area contributed by atoms with E-state index in [-0.39, 0.29) is 24.5 Å². The first-order valence-corrected chi connectivity index (χ1v) is 10.3. The van der Waals surface area contributed by atoms with E-state index in [0.717, 1.165) is 29.2 Å². The molecule has 0 saturated carbocycles. The molecule has 6 nitrogen and oxygen atoms in total. The largest absolute Gasteiger partial charge is 0.465 e. The summed E-state index contributed by atoms with van der Waals surface area (Å²) in [6.07, 6.45) is 3.07. The van der Waals surface area contributed by atoms with Crippen molar-refractivity contribution in [3.63, 3.8) is 0 Å². The molecule has 2 N–H and O–H groups in total. The third kappa shape index (κ3) is 4.43. The van der Waals surface area contributed by atoms with E-state index in [0.29, 0.717) is 13.0 Å². The molecule has 0 spiro atoms. The molecule has 152 valence electrons. The standard InChI is InChI=1S/C23H27N3O3/c1-29-23(28)21-14-17-6-2-3-7-18(17)15-26(21)16-22(27)24-19-8-10-20(11-9-19)25-12-4-5-13-25/h2-3,6-11,21H,4-5,12-16H2,1H3,(H,24,27)/p+1/t21-/m1/s1. The number of hydrogen-bond acceptors (Lipinski definition) is 4. The lowest BCUT2D eigenvalue weighted by atomic mass is 9.94. The number of carbonyl (C=O) groups is 2. The summed E-state index contributed by atoms with van der Waals surface area (Å²) >= 11 is 0. The van der Waals surface area contributed by atoms with Crippen molar-refractivity contribution < 1.29 is 19.2 Å². The lowest BCUT2D eigenvalue weighted by Crippen LogP contribution is -3.17. The lowest BCUT2D eigenvalue weighted by Gasteiger charge is -2.31. The fraction of sp³-hybridized carbons (Fsp3) is 0.391. The number of methoxy groups -OCH3 is 1. The molecular formula is C23H28N3O3+. The van der Waals surface area contributed by atoms with Crippen LogP contribution in [0.4, 0.5) is 11.4 Å². The van der Waals surface area contributed by atoms with Gasteiger partial charge in [0, 0.05) is 36.4 Å². The average Bonchev–Trinajstić information content (AvgIpc) is 3.28. The summed E-state index contributed by atoms with van der Waals surface area (Å²) in [6.45, 7) is 3.06. The molecule has 2 aliphatic rings. The van der Waals surface area contributed by atoms with Crippen LogP contribution in [0.1, 0.15) is 24.0 Å². The maximum atomic E-state index is 12.7. The second-order valence-electron chi connectivity index (χ2n) is 7.85. The van der Waals surface area contributed by atoms with Crippen molar-refractivity contribution >= 4 is 23.3 Å². The van der Waals surface area contributed by atoms with Gasteiger partial charge in [-0.25, -0.2) is 4.79 Å². The van der Waals surface area contributed by atoms with E-state index in [2.05, 4.69) is 28.4 Å². The van der Waals surface area contributed by atoms with E-state index in [1.165, 1.54) is 31.2 Å². The highest BCUT2D eigenvalue weighted by molar-refractivity contribution is 5.91. The van der Waals surface area contributed by atoms with Gasteiger partial charge in [-0.2, -0.15) is 0 Å². The van der Waals surface area contributed by atoms with Crippen molar-refractivity contribution in [3.8, 4) is 0 Å². The van der Waals surface area contributed by atoms with Crippen LogP contribution in [0.5, 0.6) is 0 Å². The van der Waals surface area contributed by atoms with Crippen molar-refractivity contribution in [1.82, 2.24) is 0 Å². The molecule has 2 atom stereocenters. The van der Waals surface area contributed by atoms with Gasteiger partial charge in [-0.1, -0.05) is 24.3 Å². The van der Waals surface area contributed by atoms with Crippen LogP contribution in [0.25, 0.3) is 0 Å². The Morgan fingerprint density at radius 2 is 1.76 bits per heavy atom. The highest BCUT2D eigenvalue weighted by Gasteiger charge is 2.37. The zero-order valence-corrected chi connectivity index (χ0v) is 16.8. The summed E-state index contributed by atoms with van der Waals surface area (Å²) < 4.78 is 5.00. The van der Waals surface area contributed by atoms with Gasteiger partial charge in [-0.15, -0.1) is 0 Å². The first kappa shape index (κ1) is 19.5. The minimum Gasteiger partial charge on any atom is -0.465 e. The maximum absolute atomic E-state index is 12.7. The molecule has 4 rings (SSSR count). The van der Waals surface area contributed by atoms with Gasteiger partial charge in [0.1, 0.15) is 6.54 Å². The summed E-state index contributed by atoms with van der Waals surface area (Å²) in [5, 5.41) is 2.98. The Balaban J connectivity index is 1.41. The Kier molecular flexibility index (Phi) is 5.81. The summed E-state index contributed by atoms with van der Waals surface area (Å²) in [5.41, 5.74) is 4.32. The molecule has 1 unspecified atom stereocenters. The lowest BCUT2D eigenvalue weighted by molar-refractivity contribution is -0.924. The third-order valence-electron chi connectivity index (χ3n) is 5.95. The number of nitrogens with one attached hydrogen (secondary N) is 2. The molecular weight excluding hydrogens is 366 g/mol. The number of ether oxygens (including phenoxy) is 1. The molecule has 2 aromatic rings. The molecule has 0 radical (unpaired) electrons. The van der Waals surface area contributed by atoms with E-state index in [9.17, 15) is 9.59 Å². The van der Waals surface area contributed by atoms with Crippen LogP contribution in [0.3, 0.4) is 0 Å². The zero-order chi connectivity index (χ0) is 20.2. The molecule has 1 fully saturated rings. The minimum absolute atomic E-state index is 0.0952. The number of quaternary nitrogens is 1. The van der Waals surface area contributed by atoms with Crippen molar-refractivity contribution in [2.75, 3.05) is 37.0 Å². The number of benzene rings is 2. The number of nitrogens with zero attached hydrogens (tertiary/aromatic N) is 1. The van der Waals surface area contributed by atoms with Crippen LogP contribution in [0.15, 0.2) is 48.5 Å². The quantitative estimate of drug-likeness (QED) is 0.753. The second kappa shape index (κ2) is 8.66. The van der Waals surface area contributed by atoms with Crippen LogP contribution in [0.2, 0.25) is 0 Å².